The van der Waals surface area contributed by atoms with Crippen LogP contribution in [-0.2, 0) is 9.59 Å². The highest BCUT2D eigenvalue weighted by molar-refractivity contribution is 5.88. The lowest BCUT2D eigenvalue weighted by atomic mass is 9.85. The molecule has 0 aromatic rings. The fourth-order valence-corrected chi connectivity index (χ4v) is 2.99. The fourth-order valence-electron chi connectivity index (χ4n) is 2.99. The molecule has 0 spiro atoms. The number of rotatable bonds is 2. The van der Waals surface area contributed by atoms with Gasteiger partial charge in [-0.25, -0.2) is 0 Å². The van der Waals surface area contributed by atoms with Crippen molar-refractivity contribution in [2.45, 2.75) is 44.3 Å². The van der Waals surface area contributed by atoms with Crippen LogP contribution in [0.5, 0.6) is 0 Å². The maximum absolute atomic E-state index is 12.5. The Morgan fingerprint density at radius 2 is 1.79 bits per heavy atom. The summed E-state index contributed by atoms with van der Waals surface area (Å²) in [6.45, 7) is 0.259. The highest BCUT2D eigenvalue weighted by Crippen LogP contribution is 2.39. The summed E-state index contributed by atoms with van der Waals surface area (Å²) in [6.07, 6.45) is -3.24. The van der Waals surface area contributed by atoms with Gasteiger partial charge in [-0.15, -0.1) is 0 Å². The van der Waals surface area contributed by atoms with E-state index in [1.54, 1.807) is 4.90 Å². The van der Waals surface area contributed by atoms with Crippen molar-refractivity contribution in [3.63, 3.8) is 0 Å². The van der Waals surface area contributed by atoms with Gasteiger partial charge in [0, 0.05) is 19.0 Å². The summed E-state index contributed by atoms with van der Waals surface area (Å²) in [5.74, 6) is -2.43. The van der Waals surface area contributed by atoms with E-state index in [4.69, 9.17) is 5.73 Å². The Morgan fingerprint density at radius 1 is 1.21 bits per heavy atom. The van der Waals surface area contributed by atoms with Gasteiger partial charge in [0.1, 0.15) is 0 Å². The molecule has 1 saturated heterocycles. The number of alkyl halides is 3. The lowest BCUT2D eigenvalue weighted by molar-refractivity contribution is -0.184. The Labute approximate surface area is 109 Å². The average molecular weight is 278 g/mol. The van der Waals surface area contributed by atoms with E-state index >= 15 is 0 Å². The second kappa shape index (κ2) is 5.02. The molecule has 1 heterocycles. The van der Waals surface area contributed by atoms with Crippen LogP contribution in [-0.4, -0.2) is 35.5 Å². The first-order valence-electron chi connectivity index (χ1n) is 6.44. The smallest absolute Gasteiger partial charge is 0.369 e. The second-order valence-corrected chi connectivity index (χ2v) is 5.40. The molecule has 1 aliphatic carbocycles. The number of nitrogens with zero attached hydrogens (tertiary/aromatic N) is 1. The number of nitrogens with two attached hydrogens (primary N) is 1. The van der Waals surface area contributed by atoms with E-state index in [2.05, 4.69) is 0 Å². The van der Waals surface area contributed by atoms with Gasteiger partial charge in [0.25, 0.3) is 0 Å². The van der Waals surface area contributed by atoms with Gasteiger partial charge < -0.3 is 10.6 Å². The average Bonchev–Trinajstić information content (AvgIpc) is 2.70. The molecule has 0 aromatic heterocycles. The standard InChI is InChI=1S/C12H17F3N2O2/c13-12(14,15)8-1-3-9(4-2-8)17-6-7(11(16)19)5-10(17)18/h7-9H,1-6H2,(H2,16,19). The Bertz CT molecular complexity index is 376. The Hall–Kier alpha value is -1.27. The number of amides is 2. The third kappa shape index (κ3) is 3.01. The monoisotopic (exact) mass is 278 g/mol. The van der Waals surface area contributed by atoms with Gasteiger partial charge in [0.15, 0.2) is 0 Å². The number of primary amides is 1. The minimum Gasteiger partial charge on any atom is -0.369 e. The second-order valence-electron chi connectivity index (χ2n) is 5.40. The van der Waals surface area contributed by atoms with Crippen LogP contribution in [0.25, 0.3) is 0 Å². The minimum atomic E-state index is -4.14. The molecular formula is C12H17F3N2O2. The number of carbonyl (C=O) groups is 2. The van der Waals surface area contributed by atoms with Gasteiger partial charge in [-0.3, -0.25) is 9.59 Å². The Morgan fingerprint density at radius 3 is 2.21 bits per heavy atom. The third-order valence-electron chi connectivity index (χ3n) is 4.16. The van der Waals surface area contributed by atoms with Crippen molar-refractivity contribution in [3.8, 4) is 0 Å². The quantitative estimate of drug-likeness (QED) is 0.830. The van der Waals surface area contributed by atoms with Crippen molar-refractivity contribution >= 4 is 11.8 Å². The first-order valence-corrected chi connectivity index (χ1v) is 6.44. The zero-order chi connectivity index (χ0) is 14.2. The summed E-state index contributed by atoms with van der Waals surface area (Å²) in [7, 11) is 0. The molecule has 0 aromatic carbocycles. The van der Waals surface area contributed by atoms with Gasteiger partial charge in [-0.2, -0.15) is 13.2 Å². The van der Waals surface area contributed by atoms with Crippen LogP contribution >= 0.6 is 0 Å². The maximum Gasteiger partial charge on any atom is 0.391 e. The van der Waals surface area contributed by atoms with E-state index in [1.807, 2.05) is 0 Å². The van der Waals surface area contributed by atoms with Crippen molar-refractivity contribution in [2.24, 2.45) is 17.6 Å². The van der Waals surface area contributed by atoms with Crippen molar-refractivity contribution < 1.29 is 22.8 Å². The third-order valence-corrected chi connectivity index (χ3v) is 4.16. The zero-order valence-corrected chi connectivity index (χ0v) is 10.4. The SMILES string of the molecule is NC(=O)C1CC(=O)N(C2CCC(C(F)(F)F)CC2)C1. The minimum absolute atomic E-state index is 0.0547. The Balaban J connectivity index is 1.92. The molecule has 1 unspecified atom stereocenters. The van der Waals surface area contributed by atoms with Crippen molar-refractivity contribution in [1.29, 1.82) is 0 Å². The number of halogens is 3. The van der Waals surface area contributed by atoms with Gasteiger partial charge in [0.05, 0.1) is 11.8 Å². The van der Waals surface area contributed by atoms with Crippen LogP contribution in [0.1, 0.15) is 32.1 Å². The summed E-state index contributed by atoms with van der Waals surface area (Å²) in [6, 6.07) is -0.171. The molecule has 0 radical (unpaired) electrons. The van der Waals surface area contributed by atoms with E-state index in [0.717, 1.165) is 0 Å². The fraction of sp³-hybridized carbons (Fsp3) is 0.833. The summed E-state index contributed by atoms with van der Waals surface area (Å²) in [5, 5.41) is 0. The summed E-state index contributed by atoms with van der Waals surface area (Å²) in [5.41, 5.74) is 5.16. The number of likely N-dealkylation sites (tertiary alicyclic amines) is 1. The van der Waals surface area contributed by atoms with Crippen LogP contribution in [0.15, 0.2) is 0 Å². The molecule has 2 amide bonds. The van der Waals surface area contributed by atoms with Crippen molar-refractivity contribution in [1.82, 2.24) is 4.90 Å². The molecule has 1 saturated carbocycles. The van der Waals surface area contributed by atoms with Crippen molar-refractivity contribution in [3.05, 3.63) is 0 Å². The lowest BCUT2D eigenvalue weighted by Crippen LogP contribution is -2.41. The maximum atomic E-state index is 12.5. The first kappa shape index (κ1) is 14.1. The topological polar surface area (TPSA) is 63.4 Å². The van der Waals surface area contributed by atoms with Crippen LogP contribution in [0.3, 0.4) is 0 Å². The molecule has 7 heteroatoms. The molecule has 2 rings (SSSR count). The molecule has 1 atom stereocenters. The largest absolute Gasteiger partial charge is 0.391 e. The normalized spacial score (nSPS) is 32.7. The van der Waals surface area contributed by atoms with Gasteiger partial charge >= 0.3 is 6.18 Å². The number of hydrogen-bond acceptors (Lipinski definition) is 2. The molecule has 2 N–H and O–H groups in total. The molecule has 1 aliphatic heterocycles. The first-order chi connectivity index (χ1) is 8.79. The summed E-state index contributed by atoms with van der Waals surface area (Å²) >= 11 is 0. The Kier molecular flexibility index (Phi) is 3.73. The highest BCUT2D eigenvalue weighted by Gasteiger charge is 2.44. The van der Waals surface area contributed by atoms with Crippen LogP contribution in [0.4, 0.5) is 13.2 Å². The molecular weight excluding hydrogens is 261 g/mol. The molecule has 2 fully saturated rings. The van der Waals surface area contributed by atoms with Crippen molar-refractivity contribution in [2.75, 3.05) is 6.54 Å². The van der Waals surface area contributed by atoms with E-state index in [-0.39, 0.29) is 37.8 Å². The van der Waals surface area contributed by atoms with E-state index in [1.165, 1.54) is 0 Å². The zero-order valence-electron chi connectivity index (χ0n) is 10.4. The molecule has 4 nitrogen and oxygen atoms in total. The predicted molar refractivity (Wildman–Crippen MR) is 60.8 cm³/mol. The summed E-state index contributed by atoms with van der Waals surface area (Å²) in [4.78, 5) is 24.4. The highest BCUT2D eigenvalue weighted by atomic mass is 19.4. The summed E-state index contributed by atoms with van der Waals surface area (Å²) < 4.78 is 37.6. The van der Waals surface area contributed by atoms with Gasteiger partial charge in [0.2, 0.25) is 11.8 Å². The van der Waals surface area contributed by atoms with Gasteiger partial charge in [-0.1, -0.05) is 0 Å². The predicted octanol–water partition coefficient (Wildman–Crippen LogP) is 1.44. The van der Waals surface area contributed by atoms with Gasteiger partial charge in [-0.05, 0) is 25.7 Å². The molecule has 108 valence electrons. The van der Waals surface area contributed by atoms with E-state index in [0.29, 0.717) is 12.8 Å². The molecule has 2 aliphatic rings. The number of carbonyl (C=O) groups excluding carboxylic acids is 2. The van der Waals surface area contributed by atoms with Crippen LogP contribution in [0.2, 0.25) is 0 Å². The van der Waals surface area contributed by atoms with E-state index < -0.39 is 23.9 Å². The van der Waals surface area contributed by atoms with E-state index in [9.17, 15) is 22.8 Å². The van der Waals surface area contributed by atoms with Crippen LogP contribution < -0.4 is 5.73 Å². The molecule has 19 heavy (non-hydrogen) atoms. The number of hydrogen-bond donors (Lipinski definition) is 1. The van der Waals surface area contributed by atoms with Crippen LogP contribution in [0, 0.1) is 11.8 Å². The lowest BCUT2D eigenvalue weighted by Gasteiger charge is -2.35. The molecule has 0 bridgehead atoms.